The van der Waals surface area contributed by atoms with Gasteiger partial charge in [-0.3, -0.25) is 4.79 Å². The maximum atomic E-state index is 11.3. The van der Waals surface area contributed by atoms with Crippen molar-refractivity contribution in [2.75, 3.05) is 25.0 Å². The van der Waals surface area contributed by atoms with Gasteiger partial charge in [-0.1, -0.05) is 0 Å². The van der Waals surface area contributed by atoms with Gasteiger partial charge in [0.1, 0.15) is 5.82 Å². The van der Waals surface area contributed by atoms with Gasteiger partial charge in [0.15, 0.2) is 0 Å². The summed E-state index contributed by atoms with van der Waals surface area (Å²) in [4.78, 5) is 17.5. The Balaban J connectivity index is 2.86. The van der Waals surface area contributed by atoms with Crippen LogP contribution in [0.15, 0.2) is 16.7 Å². The SMILES string of the molecule is CCN(CC(=O)NC)c1cc(C)c(Br)cn1. The summed E-state index contributed by atoms with van der Waals surface area (Å²) in [5.74, 6) is 0.816. The van der Waals surface area contributed by atoms with E-state index in [0.717, 1.165) is 22.4 Å². The van der Waals surface area contributed by atoms with Crippen molar-refractivity contribution in [2.24, 2.45) is 0 Å². The number of halogens is 1. The van der Waals surface area contributed by atoms with Gasteiger partial charge in [-0.25, -0.2) is 4.98 Å². The lowest BCUT2D eigenvalue weighted by atomic mass is 10.3. The lowest BCUT2D eigenvalue weighted by Crippen LogP contribution is -2.36. The van der Waals surface area contributed by atoms with Crippen molar-refractivity contribution in [3.63, 3.8) is 0 Å². The summed E-state index contributed by atoms with van der Waals surface area (Å²) >= 11 is 3.40. The van der Waals surface area contributed by atoms with Crippen molar-refractivity contribution >= 4 is 27.7 Å². The van der Waals surface area contributed by atoms with E-state index in [2.05, 4.69) is 26.2 Å². The van der Waals surface area contributed by atoms with Gasteiger partial charge in [-0.05, 0) is 41.4 Å². The summed E-state index contributed by atoms with van der Waals surface area (Å²) in [6.07, 6.45) is 1.76. The summed E-state index contributed by atoms with van der Waals surface area (Å²) in [6.45, 7) is 5.09. The Bertz CT molecular complexity index is 381. The van der Waals surface area contributed by atoms with Crippen LogP contribution in [0.1, 0.15) is 12.5 Å². The molecule has 4 nitrogen and oxygen atoms in total. The molecule has 0 aromatic carbocycles. The molecule has 0 fully saturated rings. The van der Waals surface area contributed by atoms with E-state index < -0.39 is 0 Å². The molecule has 0 spiro atoms. The first-order valence-corrected chi connectivity index (χ1v) is 5.95. The second-order valence-corrected chi connectivity index (χ2v) is 4.33. The van der Waals surface area contributed by atoms with Crippen molar-refractivity contribution in [2.45, 2.75) is 13.8 Å². The van der Waals surface area contributed by atoms with E-state index in [0.29, 0.717) is 6.54 Å². The van der Waals surface area contributed by atoms with E-state index in [-0.39, 0.29) is 5.91 Å². The molecule has 1 N–H and O–H groups in total. The van der Waals surface area contributed by atoms with E-state index in [4.69, 9.17) is 0 Å². The molecule has 1 amide bonds. The van der Waals surface area contributed by atoms with Crippen LogP contribution in [0.4, 0.5) is 5.82 Å². The van der Waals surface area contributed by atoms with Gasteiger partial charge >= 0.3 is 0 Å². The summed E-state index contributed by atoms with van der Waals surface area (Å²) in [5, 5.41) is 2.61. The fourth-order valence-corrected chi connectivity index (χ4v) is 1.52. The van der Waals surface area contributed by atoms with Crippen molar-refractivity contribution < 1.29 is 4.79 Å². The normalized spacial score (nSPS) is 10.0. The molecule has 0 aliphatic rings. The van der Waals surface area contributed by atoms with Gasteiger partial charge in [0.2, 0.25) is 5.91 Å². The topological polar surface area (TPSA) is 45.2 Å². The molecule has 1 rings (SSSR count). The molecule has 5 heteroatoms. The number of nitrogens with zero attached hydrogens (tertiary/aromatic N) is 2. The quantitative estimate of drug-likeness (QED) is 0.916. The second-order valence-electron chi connectivity index (χ2n) is 3.48. The fraction of sp³-hybridized carbons (Fsp3) is 0.455. The second kappa shape index (κ2) is 5.84. The largest absolute Gasteiger partial charge is 0.358 e. The Morgan fingerprint density at radius 1 is 1.62 bits per heavy atom. The average molecular weight is 286 g/mol. The van der Waals surface area contributed by atoms with Crippen LogP contribution < -0.4 is 10.2 Å². The van der Waals surface area contributed by atoms with E-state index in [1.165, 1.54) is 0 Å². The van der Waals surface area contributed by atoms with Crippen molar-refractivity contribution in [3.8, 4) is 0 Å². The number of nitrogens with one attached hydrogen (secondary N) is 1. The molecule has 0 atom stereocenters. The Kier molecular flexibility index (Phi) is 4.73. The van der Waals surface area contributed by atoms with Gasteiger partial charge < -0.3 is 10.2 Å². The molecule has 0 aliphatic carbocycles. The van der Waals surface area contributed by atoms with Gasteiger partial charge in [0.05, 0.1) is 6.54 Å². The summed E-state index contributed by atoms with van der Waals surface area (Å²) in [7, 11) is 1.64. The zero-order chi connectivity index (χ0) is 12.1. The lowest BCUT2D eigenvalue weighted by Gasteiger charge is -2.21. The molecule has 1 aromatic heterocycles. The number of aryl methyl sites for hydroxylation is 1. The van der Waals surface area contributed by atoms with E-state index in [9.17, 15) is 4.79 Å². The zero-order valence-electron chi connectivity index (χ0n) is 9.75. The molecule has 0 bridgehead atoms. The molecule has 0 saturated heterocycles. The highest BCUT2D eigenvalue weighted by atomic mass is 79.9. The Morgan fingerprint density at radius 2 is 2.31 bits per heavy atom. The summed E-state index contributed by atoms with van der Waals surface area (Å²) in [5.41, 5.74) is 1.11. The smallest absolute Gasteiger partial charge is 0.239 e. The first kappa shape index (κ1) is 13.0. The number of likely N-dealkylation sites (N-methyl/N-ethyl adjacent to an activating group) is 2. The minimum absolute atomic E-state index is 0.00998. The number of hydrogen-bond donors (Lipinski definition) is 1. The average Bonchev–Trinajstić information content (AvgIpc) is 2.29. The number of anilines is 1. The van der Waals surface area contributed by atoms with Gasteiger partial charge in [0.25, 0.3) is 0 Å². The predicted molar refractivity (Wildman–Crippen MR) is 68.6 cm³/mol. The Labute approximate surface area is 104 Å². The number of pyridine rings is 1. The molecule has 1 aromatic rings. The van der Waals surface area contributed by atoms with E-state index in [1.807, 2.05) is 24.8 Å². The van der Waals surface area contributed by atoms with Crippen molar-refractivity contribution in [1.82, 2.24) is 10.3 Å². The minimum Gasteiger partial charge on any atom is -0.358 e. The number of aromatic nitrogens is 1. The van der Waals surface area contributed by atoms with Crippen LogP contribution in [0.2, 0.25) is 0 Å². The maximum absolute atomic E-state index is 11.3. The Morgan fingerprint density at radius 3 is 2.81 bits per heavy atom. The third kappa shape index (κ3) is 3.20. The van der Waals surface area contributed by atoms with E-state index >= 15 is 0 Å². The van der Waals surface area contributed by atoms with Gasteiger partial charge in [-0.15, -0.1) is 0 Å². The summed E-state index contributed by atoms with van der Waals surface area (Å²) in [6, 6.07) is 1.97. The van der Waals surface area contributed by atoms with Crippen LogP contribution in [0.25, 0.3) is 0 Å². The maximum Gasteiger partial charge on any atom is 0.239 e. The zero-order valence-corrected chi connectivity index (χ0v) is 11.3. The van der Waals surface area contributed by atoms with Gasteiger partial charge in [0, 0.05) is 24.3 Å². The number of carbonyl (C=O) groups is 1. The van der Waals surface area contributed by atoms with E-state index in [1.54, 1.807) is 13.2 Å². The highest BCUT2D eigenvalue weighted by Crippen LogP contribution is 2.19. The van der Waals surface area contributed by atoms with Crippen LogP contribution in [-0.2, 0) is 4.79 Å². The van der Waals surface area contributed by atoms with Crippen LogP contribution >= 0.6 is 15.9 Å². The minimum atomic E-state index is -0.00998. The fourth-order valence-electron chi connectivity index (χ4n) is 1.30. The molecule has 0 unspecified atom stereocenters. The number of rotatable bonds is 4. The monoisotopic (exact) mass is 285 g/mol. The third-order valence-electron chi connectivity index (χ3n) is 2.35. The Hall–Kier alpha value is -1.10. The lowest BCUT2D eigenvalue weighted by molar-refractivity contribution is -0.119. The summed E-state index contributed by atoms with van der Waals surface area (Å²) < 4.78 is 0.979. The van der Waals surface area contributed by atoms with Crippen LogP contribution in [0.5, 0.6) is 0 Å². The van der Waals surface area contributed by atoms with Gasteiger partial charge in [-0.2, -0.15) is 0 Å². The first-order chi connectivity index (χ1) is 7.58. The molecule has 0 aliphatic heterocycles. The van der Waals surface area contributed by atoms with Crippen LogP contribution in [0, 0.1) is 6.92 Å². The van der Waals surface area contributed by atoms with Crippen LogP contribution in [0.3, 0.4) is 0 Å². The highest BCUT2D eigenvalue weighted by Gasteiger charge is 2.10. The standard InChI is InChI=1S/C11H16BrN3O/c1-4-15(7-11(16)13-3)10-5-8(2)9(12)6-14-10/h5-6H,4,7H2,1-3H3,(H,13,16). The van der Waals surface area contributed by atoms with Crippen molar-refractivity contribution in [1.29, 1.82) is 0 Å². The molecule has 88 valence electrons. The molecule has 16 heavy (non-hydrogen) atoms. The number of amides is 1. The number of carbonyl (C=O) groups excluding carboxylic acids is 1. The van der Waals surface area contributed by atoms with Crippen molar-refractivity contribution in [3.05, 3.63) is 22.3 Å². The first-order valence-electron chi connectivity index (χ1n) is 5.16. The predicted octanol–water partition coefficient (Wildman–Crippen LogP) is 1.72. The molecular weight excluding hydrogens is 270 g/mol. The third-order valence-corrected chi connectivity index (χ3v) is 3.18. The molecule has 0 saturated carbocycles. The molecule has 1 heterocycles. The molecular formula is C11H16BrN3O. The van der Waals surface area contributed by atoms with Crippen LogP contribution in [-0.4, -0.2) is 31.0 Å². The number of hydrogen-bond acceptors (Lipinski definition) is 3. The molecule has 0 radical (unpaired) electrons. The highest BCUT2D eigenvalue weighted by molar-refractivity contribution is 9.10.